The quantitative estimate of drug-likeness (QED) is 0.545. The molecule has 0 saturated heterocycles. The maximum Gasteiger partial charge on any atom is 0 e. The van der Waals surface area contributed by atoms with Gasteiger partial charge in [0.15, 0.2) is 0 Å². The van der Waals surface area contributed by atoms with Gasteiger partial charge in [0, 0.05) is 39.6 Å². The summed E-state index contributed by atoms with van der Waals surface area (Å²) in [6.07, 6.45) is 0. The molecule has 0 aliphatic rings. The fourth-order valence-electron chi connectivity index (χ4n) is 0. The molecule has 0 N–H and O–H groups in total. The van der Waals surface area contributed by atoms with E-state index in [2.05, 4.69) is 15.4 Å². The Morgan fingerprint density at radius 2 is 1.25 bits per heavy atom. The van der Waals surface area contributed by atoms with E-state index >= 15 is 0 Å². The van der Waals surface area contributed by atoms with Crippen molar-refractivity contribution >= 4 is 0 Å². The molecule has 0 aromatic rings. The molecule has 33 valence electrons. The van der Waals surface area contributed by atoms with Gasteiger partial charge in [0.05, 0.1) is 0 Å². The van der Waals surface area contributed by atoms with Gasteiger partial charge in [0.2, 0.25) is 0 Å². The van der Waals surface area contributed by atoms with Crippen LogP contribution in [0.1, 0.15) is 0 Å². The van der Waals surface area contributed by atoms with E-state index in [0.29, 0.717) is 0 Å². The maximum atomic E-state index is 7.88. The average Bonchev–Trinajstić information content (AvgIpc) is 1.00. The van der Waals surface area contributed by atoms with E-state index in [-0.39, 0.29) is 39.6 Å². The van der Waals surface area contributed by atoms with Crippen LogP contribution in [0.5, 0.6) is 0 Å². The molecule has 0 bridgehead atoms. The second-order valence-electron chi connectivity index (χ2n) is 0. The van der Waals surface area contributed by atoms with E-state index in [9.17, 15) is 0 Å². The van der Waals surface area contributed by atoms with Crippen LogP contribution in [-0.2, 0) is 58.9 Å². The Labute approximate surface area is 58.6 Å². The Morgan fingerprint density at radius 3 is 1.25 bits per heavy atom. The Hall–Kier alpha value is 1.57. The van der Waals surface area contributed by atoms with Crippen molar-refractivity contribution < 1.29 is 58.9 Å². The molecule has 0 heterocycles. The smallest absolute Gasteiger partial charge is 0 e. The summed E-state index contributed by atoms with van der Waals surface area (Å²) in [4.78, 5) is 0. The molecule has 1 radical (unpaired) electrons. The second-order valence-corrected chi connectivity index (χ2v) is 0. The molecular weight excluding hydrogens is 368 g/mol. The summed E-state index contributed by atoms with van der Waals surface area (Å²) >= 11 is 2.62. The Kier molecular flexibility index (Phi) is 104. The van der Waals surface area contributed by atoms with E-state index in [1.54, 1.807) is 0 Å². The minimum atomic E-state index is 0. The fraction of sp³-hybridized carbons (Fsp3) is 0. The van der Waals surface area contributed by atoms with Gasteiger partial charge in [-0.1, -0.05) is 0 Å². The summed E-state index contributed by atoms with van der Waals surface area (Å²) in [5, 5.41) is 0. The van der Waals surface area contributed by atoms with Crippen molar-refractivity contribution in [2.24, 2.45) is 0 Å². The van der Waals surface area contributed by atoms with Crippen molar-refractivity contribution in [1.82, 2.24) is 0 Å². The summed E-state index contributed by atoms with van der Waals surface area (Å²) in [5.74, 6) is 0. The van der Waals surface area contributed by atoms with Crippen molar-refractivity contribution in [2.45, 2.75) is 0 Å². The maximum absolute atomic E-state index is 7.88. The third kappa shape index (κ3) is 9.57. The summed E-state index contributed by atoms with van der Waals surface area (Å²) in [5.41, 5.74) is 0. The first-order valence-electron chi connectivity index (χ1n) is 0.129. The van der Waals surface area contributed by atoms with Gasteiger partial charge in [-0.05, 0) is 0 Å². The Balaban J connectivity index is -0.00000000500. The van der Waals surface area contributed by atoms with Crippen LogP contribution in [0.25, 0.3) is 0 Å². The largest absolute Gasteiger partial charge is 0 e. The van der Waals surface area contributed by atoms with Crippen LogP contribution in [0.15, 0.2) is 0 Å². The standard InChI is InChI=1S/Ir.Ni.O.Ru. The molecule has 0 fully saturated rings. The van der Waals surface area contributed by atoms with Crippen LogP contribution in [0.3, 0.4) is 0 Å². The molecule has 0 unspecified atom stereocenters. The van der Waals surface area contributed by atoms with E-state index in [1.807, 2.05) is 0 Å². The third-order valence-corrected chi connectivity index (χ3v) is 0. The van der Waals surface area contributed by atoms with Crippen LogP contribution < -0.4 is 0 Å². The molecule has 0 saturated carbocycles. The minimum absolute atomic E-state index is 0. The molecule has 0 aliphatic heterocycles. The Morgan fingerprint density at radius 1 is 1.25 bits per heavy atom. The molecular formula is IrNiORu. The van der Waals surface area contributed by atoms with Crippen molar-refractivity contribution in [2.75, 3.05) is 0 Å². The first-order valence-corrected chi connectivity index (χ1v) is 0.532. The average molecular weight is 368 g/mol. The topological polar surface area (TPSA) is 17.1 Å². The van der Waals surface area contributed by atoms with Crippen LogP contribution in [0.4, 0.5) is 0 Å². The normalized spacial score (nSPS) is 1.50. The van der Waals surface area contributed by atoms with E-state index in [4.69, 9.17) is 3.90 Å². The number of rotatable bonds is 0. The predicted molar refractivity (Wildman–Crippen MR) is 0.686 cm³/mol. The zero-order chi connectivity index (χ0) is 2.00. The van der Waals surface area contributed by atoms with E-state index in [0.717, 1.165) is 0 Å². The minimum Gasteiger partial charge on any atom is 0 e. The first kappa shape index (κ1) is 17.6. The van der Waals surface area contributed by atoms with Gasteiger partial charge in [0.1, 0.15) is 0 Å². The van der Waals surface area contributed by atoms with Gasteiger partial charge in [-0.25, -0.2) is 0 Å². The second kappa shape index (κ2) is 23.7. The van der Waals surface area contributed by atoms with Gasteiger partial charge in [-0.2, -0.15) is 0 Å². The predicted octanol–water partition coefficient (Wildman–Crippen LogP) is -0.126. The molecule has 0 aromatic carbocycles. The molecule has 0 rings (SSSR count). The molecule has 0 aliphatic carbocycles. The summed E-state index contributed by atoms with van der Waals surface area (Å²) in [6.45, 7) is 0. The van der Waals surface area contributed by atoms with Crippen LogP contribution in [0.2, 0.25) is 0 Å². The molecule has 0 aromatic heterocycles. The van der Waals surface area contributed by atoms with Crippen molar-refractivity contribution in [1.29, 1.82) is 0 Å². The zero-order valence-corrected chi connectivity index (χ0v) is 6.53. The van der Waals surface area contributed by atoms with Gasteiger partial charge in [-0.15, -0.1) is 0 Å². The molecule has 4 heavy (non-hydrogen) atoms. The van der Waals surface area contributed by atoms with Gasteiger partial charge < -0.3 is 0 Å². The van der Waals surface area contributed by atoms with Gasteiger partial charge >= 0.3 is 19.3 Å². The SMILES string of the molecule is [Ir].[O]=[Ni].[Ru]. The third-order valence-electron chi connectivity index (χ3n) is 0. The molecule has 0 atom stereocenters. The molecule has 0 spiro atoms. The van der Waals surface area contributed by atoms with E-state index < -0.39 is 0 Å². The van der Waals surface area contributed by atoms with Crippen LogP contribution in [0, 0.1) is 0 Å². The summed E-state index contributed by atoms with van der Waals surface area (Å²) in [7, 11) is 0. The Bertz CT molecular complexity index is 8.00. The van der Waals surface area contributed by atoms with E-state index in [1.165, 1.54) is 0 Å². The molecule has 4 heteroatoms. The van der Waals surface area contributed by atoms with Crippen molar-refractivity contribution in [3.05, 3.63) is 0 Å². The summed E-state index contributed by atoms with van der Waals surface area (Å²) in [6, 6.07) is 0. The summed E-state index contributed by atoms with van der Waals surface area (Å²) < 4.78 is 7.88. The van der Waals surface area contributed by atoms with Crippen molar-refractivity contribution in [3.8, 4) is 0 Å². The molecule has 1 nitrogen and oxygen atoms in total. The van der Waals surface area contributed by atoms with Crippen molar-refractivity contribution in [3.63, 3.8) is 0 Å². The monoisotopic (exact) mass is 369 g/mol. The van der Waals surface area contributed by atoms with Crippen LogP contribution in [-0.4, -0.2) is 0 Å². The number of hydrogen-bond donors (Lipinski definition) is 0. The number of hydrogen-bond acceptors (Lipinski definition) is 1. The molecule has 0 amide bonds. The van der Waals surface area contributed by atoms with Gasteiger partial charge in [0.25, 0.3) is 0 Å². The fourth-order valence-corrected chi connectivity index (χ4v) is 0. The van der Waals surface area contributed by atoms with Crippen LogP contribution >= 0.6 is 0 Å². The zero-order valence-electron chi connectivity index (χ0n) is 1.41. The van der Waals surface area contributed by atoms with Gasteiger partial charge in [-0.3, -0.25) is 0 Å². The first-order chi connectivity index (χ1) is 1.00.